The van der Waals surface area contributed by atoms with Gasteiger partial charge >= 0.3 is 0 Å². The fraction of sp³-hybridized carbons (Fsp3) is 0.538. The highest BCUT2D eigenvalue weighted by Crippen LogP contribution is 2.22. The molecule has 1 aromatic carbocycles. The van der Waals surface area contributed by atoms with Gasteiger partial charge in [0.25, 0.3) is 0 Å². The quantitative estimate of drug-likeness (QED) is 0.801. The molecule has 2 heteroatoms. The third kappa shape index (κ3) is 2.32. The van der Waals surface area contributed by atoms with Crippen molar-refractivity contribution in [2.45, 2.75) is 39.3 Å². The summed E-state index contributed by atoms with van der Waals surface area (Å²) in [6.07, 6.45) is 1.43. The molecular weight excluding hydrogens is 186 g/mol. The van der Waals surface area contributed by atoms with Gasteiger partial charge in [-0.1, -0.05) is 17.7 Å². The molecule has 1 N–H and O–H groups in total. The Balaban J connectivity index is 2.10. The molecule has 1 aliphatic heterocycles. The van der Waals surface area contributed by atoms with E-state index in [1.54, 1.807) is 0 Å². The van der Waals surface area contributed by atoms with Crippen LogP contribution in [0.1, 0.15) is 24.5 Å². The highest BCUT2D eigenvalue weighted by molar-refractivity contribution is 5.52. The van der Waals surface area contributed by atoms with Crippen molar-refractivity contribution in [2.24, 2.45) is 0 Å². The Labute approximate surface area is 91.6 Å². The molecule has 0 unspecified atom stereocenters. The van der Waals surface area contributed by atoms with Crippen LogP contribution in [0.5, 0.6) is 0 Å². The van der Waals surface area contributed by atoms with Gasteiger partial charge in [0.2, 0.25) is 0 Å². The molecule has 15 heavy (non-hydrogen) atoms. The van der Waals surface area contributed by atoms with Crippen molar-refractivity contribution in [3.63, 3.8) is 0 Å². The van der Waals surface area contributed by atoms with E-state index in [9.17, 15) is 0 Å². The predicted octanol–water partition coefficient (Wildman–Crippen LogP) is 2.89. The van der Waals surface area contributed by atoms with Crippen molar-refractivity contribution in [1.82, 2.24) is 0 Å². The summed E-state index contributed by atoms with van der Waals surface area (Å²) in [7, 11) is 0. The molecule has 2 atom stereocenters. The molecule has 0 radical (unpaired) electrons. The number of ether oxygens (including phenoxy) is 1. The lowest BCUT2D eigenvalue weighted by Gasteiger charge is -2.19. The van der Waals surface area contributed by atoms with Gasteiger partial charge in [-0.05, 0) is 38.8 Å². The van der Waals surface area contributed by atoms with Gasteiger partial charge in [-0.3, -0.25) is 0 Å². The molecule has 0 bridgehead atoms. The van der Waals surface area contributed by atoms with E-state index in [-0.39, 0.29) is 0 Å². The van der Waals surface area contributed by atoms with E-state index in [0.29, 0.717) is 12.1 Å². The van der Waals surface area contributed by atoms with Crippen molar-refractivity contribution < 1.29 is 4.74 Å². The van der Waals surface area contributed by atoms with Gasteiger partial charge in [0.1, 0.15) is 0 Å². The molecule has 2 nitrogen and oxygen atoms in total. The molecular formula is C13H19NO. The molecule has 1 aromatic rings. The number of aryl methyl sites for hydroxylation is 2. The molecule has 0 amide bonds. The lowest BCUT2D eigenvalue weighted by molar-refractivity contribution is 0.121. The number of hydrogen-bond acceptors (Lipinski definition) is 2. The first-order chi connectivity index (χ1) is 7.16. The summed E-state index contributed by atoms with van der Waals surface area (Å²) >= 11 is 0. The van der Waals surface area contributed by atoms with E-state index in [2.05, 4.69) is 44.3 Å². The molecule has 1 fully saturated rings. The summed E-state index contributed by atoms with van der Waals surface area (Å²) in [6, 6.07) is 6.99. The van der Waals surface area contributed by atoms with Crippen LogP contribution in [0, 0.1) is 13.8 Å². The summed E-state index contributed by atoms with van der Waals surface area (Å²) in [6.45, 7) is 7.28. The van der Waals surface area contributed by atoms with Crippen molar-refractivity contribution in [3.05, 3.63) is 29.3 Å². The molecule has 0 spiro atoms. The van der Waals surface area contributed by atoms with Gasteiger partial charge in [-0.25, -0.2) is 0 Å². The monoisotopic (exact) mass is 205 g/mol. The SMILES string of the molecule is Cc1ccc(N[C@H]2CCO[C@@H]2C)c(C)c1. The molecule has 0 aromatic heterocycles. The zero-order chi connectivity index (χ0) is 10.8. The minimum atomic E-state index is 0.325. The molecule has 0 aliphatic carbocycles. The second-order valence-electron chi connectivity index (χ2n) is 4.43. The van der Waals surface area contributed by atoms with Gasteiger partial charge in [-0.2, -0.15) is 0 Å². The summed E-state index contributed by atoms with van der Waals surface area (Å²) in [5, 5.41) is 3.56. The second-order valence-corrected chi connectivity index (χ2v) is 4.43. The van der Waals surface area contributed by atoms with Crippen LogP contribution in [-0.2, 0) is 4.74 Å². The van der Waals surface area contributed by atoms with Crippen LogP contribution in [0.25, 0.3) is 0 Å². The maximum Gasteiger partial charge on any atom is 0.0748 e. The molecule has 1 heterocycles. The highest BCUT2D eigenvalue weighted by atomic mass is 16.5. The van der Waals surface area contributed by atoms with E-state index in [4.69, 9.17) is 4.74 Å². The molecule has 2 rings (SSSR count). The summed E-state index contributed by atoms with van der Waals surface area (Å²) in [4.78, 5) is 0. The Kier molecular flexibility index (Phi) is 2.96. The zero-order valence-corrected chi connectivity index (χ0v) is 9.71. The Morgan fingerprint density at radius 1 is 1.33 bits per heavy atom. The molecule has 82 valence electrons. The van der Waals surface area contributed by atoms with Crippen LogP contribution in [0.2, 0.25) is 0 Å². The fourth-order valence-electron chi connectivity index (χ4n) is 2.10. The molecule has 1 aliphatic rings. The highest BCUT2D eigenvalue weighted by Gasteiger charge is 2.23. The van der Waals surface area contributed by atoms with E-state index < -0.39 is 0 Å². The first-order valence-electron chi connectivity index (χ1n) is 5.62. The number of benzene rings is 1. The zero-order valence-electron chi connectivity index (χ0n) is 9.71. The number of nitrogens with one attached hydrogen (secondary N) is 1. The Hall–Kier alpha value is -1.02. The topological polar surface area (TPSA) is 21.3 Å². The predicted molar refractivity (Wildman–Crippen MR) is 63.4 cm³/mol. The maximum absolute atomic E-state index is 5.54. The Morgan fingerprint density at radius 2 is 2.13 bits per heavy atom. The van der Waals surface area contributed by atoms with Crippen molar-refractivity contribution in [3.8, 4) is 0 Å². The van der Waals surface area contributed by atoms with Crippen LogP contribution < -0.4 is 5.32 Å². The summed E-state index contributed by atoms with van der Waals surface area (Å²) in [5.74, 6) is 0. The van der Waals surface area contributed by atoms with Crippen molar-refractivity contribution in [2.75, 3.05) is 11.9 Å². The van der Waals surface area contributed by atoms with Crippen LogP contribution in [-0.4, -0.2) is 18.8 Å². The summed E-state index contributed by atoms with van der Waals surface area (Å²) in [5.41, 5.74) is 3.87. The number of rotatable bonds is 2. The van der Waals surface area contributed by atoms with Crippen LogP contribution in [0.3, 0.4) is 0 Å². The Bertz CT molecular complexity index is 348. The van der Waals surface area contributed by atoms with Crippen LogP contribution in [0.15, 0.2) is 18.2 Å². The van der Waals surface area contributed by atoms with Gasteiger partial charge in [0, 0.05) is 12.3 Å². The van der Waals surface area contributed by atoms with E-state index in [0.717, 1.165) is 13.0 Å². The first-order valence-corrected chi connectivity index (χ1v) is 5.62. The van der Waals surface area contributed by atoms with Crippen molar-refractivity contribution >= 4 is 5.69 Å². The fourth-order valence-corrected chi connectivity index (χ4v) is 2.10. The Morgan fingerprint density at radius 3 is 2.73 bits per heavy atom. The van der Waals surface area contributed by atoms with Crippen LogP contribution in [0.4, 0.5) is 5.69 Å². The lowest BCUT2D eigenvalue weighted by atomic mass is 10.1. The average Bonchev–Trinajstić information content (AvgIpc) is 2.57. The second kappa shape index (κ2) is 4.23. The third-order valence-electron chi connectivity index (χ3n) is 3.10. The standard InChI is InChI=1S/C13H19NO/c1-9-4-5-12(10(2)8-9)14-13-6-7-15-11(13)3/h4-5,8,11,13-14H,6-7H2,1-3H3/t11-,13+/m1/s1. The van der Waals surface area contributed by atoms with Gasteiger partial charge < -0.3 is 10.1 Å². The average molecular weight is 205 g/mol. The number of hydrogen-bond donors (Lipinski definition) is 1. The molecule has 1 saturated heterocycles. The van der Waals surface area contributed by atoms with Crippen molar-refractivity contribution in [1.29, 1.82) is 0 Å². The van der Waals surface area contributed by atoms with E-state index >= 15 is 0 Å². The lowest BCUT2D eigenvalue weighted by Crippen LogP contribution is -2.26. The third-order valence-corrected chi connectivity index (χ3v) is 3.10. The van der Waals surface area contributed by atoms with E-state index in [1.165, 1.54) is 16.8 Å². The van der Waals surface area contributed by atoms with Gasteiger partial charge in [0.15, 0.2) is 0 Å². The number of anilines is 1. The smallest absolute Gasteiger partial charge is 0.0748 e. The van der Waals surface area contributed by atoms with Crippen LogP contribution >= 0.6 is 0 Å². The maximum atomic E-state index is 5.54. The minimum absolute atomic E-state index is 0.325. The molecule has 0 saturated carbocycles. The normalized spacial score (nSPS) is 25.5. The van der Waals surface area contributed by atoms with E-state index in [1.807, 2.05) is 0 Å². The largest absolute Gasteiger partial charge is 0.379 e. The summed E-state index contributed by atoms with van der Waals surface area (Å²) < 4.78 is 5.54. The first kappa shape index (κ1) is 10.5. The van der Waals surface area contributed by atoms with Gasteiger partial charge in [-0.15, -0.1) is 0 Å². The van der Waals surface area contributed by atoms with Gasteiger partial charge in [0.05, 0.1) is 12.1 Å². The minimum Gasteiger partial charge on any atom is -0.379 e.